The van der Waals surface area contributed by atoms with Crippen molar-refractivity contribution in [3.8, 4) is 0 Å². The first-order valence-corrected chi connectivity index (χ1v) is 5.90. The molecule has 0 bridgehead atoms. The number of aryl methyl sites for hydroxylation is 2. The molecule has 1 nitrogen and oxygen atoms in total. The molecule has 2 heterocycles. The minimum absolute atomic E-state index is 1.32. The third-order valence-corrected chi connectivity index (χ3v) is 3.94. The van der Waals surface area contributed by atoms with E-state index < -0.39 is 0 Å². The largest absolute Gasteiger partial charge is 0.205 e. The molecule has 0 unspecified atom stereocenters. The highest BCUT2D eigenvalue weighted by molar-refractivity contribution is 7.17. The summed E-state index contributed by atoms with van der Waals surface area (Å²) in [6.45, 7) is 2.17. The average Bonchev–Trinajstić information content (AvgIpc) is 2.71. The number of thiophene rings is 1. The molecule has 0 spiro atoms. The van der Waals surface area contributed by atoms with Crippen molar-refractivity contribution in [3.63, 3.8) is 0 Å². The summed E-state index contributed by atoms with van der Waals surface area (Å²) in [5, 5.41) is 6.25. The van der Waals surface area contributed by atoms with E-state index >= 15 is 0 Å². The summed E-state index contributed by atoms with van der Waals surface area (Å²) in [6, 6.07) is 8.86. The van der Waals surface area contributed by atoms with Gasteiger partial charge in [-0.1, -0.05) is 0 Å². The maximum Gasteiger partial charge on any atom is 0.185 e. The van der Waals surface area contributed by atoms with Gasteiger partial charge >= 0.3 is 0 Å². The Bertz CT molecular complexity index is 652. The lowest BCUT2D eigenvalue weighted by molar-refractivity contribution is -0.676. The van der Waals surface area contributed by atoms with Crippen molar-refractivity contribution in [2.45, 2.75) is 6.92 Å². The molecule has 0 fully saturated rings. The van der Waals surface area contributed by atoms with Gasteiger partial charge in [-0.15, -0.1) is 11.3 Å². The van der Waals surface area contributed by atoms with Crippen molar-refractivity contribution in [1.29, 1.82) is 0 Å². The first-order chi connectivity index (χ1) is 7.27. The summed E-state index contributed by atoms with van der Waals surface area (Å²) >= 11 is 1.81. The second-order valence-electron chi connectivity index (χ2n) is 3.87. The van der Waals surface area contributed by atoms with Gasteiger partial charge in [-0.05, 0) is 23.6 Å². The van der Waals surface area contributed by atoms with E-state index in [2.05, 4.69) is 54.4 Å². The van der Waals surface area contributed by atoms with Crippen LogP contribution in [-0.2, 0) is 7.05 Å². The minimum Gasteiger partial charge on any atom is -0.205 e. The maximum atomic E-state index is 2.23. The van der Waals surface area contributed by atoms with E-state index in [-0.39, 0.29) is 0 Å². The van der Waals surface area contributed by atoms with Gasteiger partial charge in [0.15, 0.2) is 11.9 Å². The maximum absolute atomic E-state index is 2.23. The molecule has 0 saturated heterocycles. The molecule has 0 aliphatic heterocycles. The lowest BCUT2D eigenvalue weighted by Gasteiger charge is -2.01. The van der Waals surface area contributed by atoms with Crippen LogP contribution in [0.5, 0.6) is 0 Å². The predicted molar refractivity (Wildman–Crippen MR) is 65.2 cm³/mol. The van der Waals surface area contributed by atoms with Crippen molar-refractivity contribution in [2.24, 2.45) is 7.05 Å². The Kier molecular flexibility index (Phi) is 1.80. The quantitative estimate of drug-likeness (QED) is 0.506. The molecule has 2 aromatic heterocycles. The Morgan fingerprint density at radius 3 is 2.73 bits per heavy atom. The van der Waals surface area contributed by atoms with Crippen molar-refractivity contribution in [2.75, 3.05) is 0 Å². The molecule has 0 N–H and O–H groups in total. The van der Waals surface area contributed by atoms with Crippen LogP contribution in [0.15, 0.2) is 35.8 Å². The van der Waals surface area contributed by atoms with Crippen molar-refractivity contribution < 1.29 is 4.57 Å². The highest BCUT2D eigenvalue weighted by Gasteiger charge is 2.09. The highest BCUT2D eigenvalue weighted by Crippen LogP contribution is 2.29. The van der Waals surface area contributed by atoms with Gasteiger partial charge in [-0.3, -0.25) is 0 Å². The van der Waals surface area contributed by atoms with Gasteiger partial charge in [0.1, 0.15) is 7.05 Å². The molecule has 0 aliphatic carbocycles. The molecule has 15 heavy (non-hydrogen) atoms. The zero-order valence-electron chi connectivity index (χ0n) is 8.82. The number of aromatic nitrogens is 1. The summed E-state index contributed by atoms with van der Waals surface area (Å²) in [4.78, 5) is 0. The normalized spacial score (nSPS) is 11.3. The Labute approximate surface area is 92.6 Å². The first kappa shape index (κ1) is 8.86. The van der Waals surface area contributed by atoms with E-state index in [9.17, 15) is 0 Å². The summed E-state index contributed by atoms with van der Waals surface area (Å²) in [5.74, 6) is 0. The van der Waals surface area contributed by atoms with Gasteiger partial charge < -0.3 is 0 Å². The number of nitrogens with zero attached hydrogens (tertiary/aromatic N) is 1. The number of rotatable bonds is 0. The fourth-order valence-electron chi connectivity index (χ4n) is 2.05. The zero-order chi connectivity index (χ0) is 10.4. The molecule has 3 rings (SSSR count). The lowest BCUT2D eigenvalue weighted by atomic mass is 10.1. The van der Waals surface area contributed by atoms with E-state index in [4.69, 9.17) is 0 Å². The predicted octanol–water partition coefficient (Wildman–Crippen LogP) is 3.19. The molecule has 0 atom stereocenters. The van der Waals surface area contributed by atoms with Crippen LogP contribution >= 0.6 is 11.3 Å². The van der Waals surface area contributed by atoms with Gasteiger partial charge in [0.25, 0.3) is 0 Å². The summed E-state index contributed by atoms with van der Waals surface area (Å²) < 4.78 is 3.54. The van der Waals surface area contributed by atoms with Gasteiger partial charge in [0.2, 0.25) is 0 Å². The second kappa shape index (κ2) is 3.04. The van der Waals surface area contributed by atoms with E-state index in [0.717, 1.165) is 0 Å². The number of benzene rings is 1. The smallest absolute Gasteiger partial charge is 0.185 e. The standard InChI is InChI=1S/C13H12NS/c1-9-10-3-4-13-12(6-8-15-13)11(10)5-7-14(9)2/h3-8H,1-2H3/q+1. The Morgan fingerprint density at radius 2 is 1.87 bits per heavy atom. The van der Waals surface area contributed by atoms with Crippen LogP contribution in [0.3, 0.4) is 0 Å². The van der Waals surface area contributed by atoms with Gasteiger partial charge in [-0.25, -0.2) is 4.57 Å². The van der Waals surface area contributed by atoms with Crippen LogP contribution in [0, 0.1) is 6.92 Å². The Morgan fingerprint density at radius 1 is 1.00 bits per heavy atom. The number of hydrogen-bond donors (Lipinski definition) is 0. The van der Waals surface area contributed by atoms with Crippen LogP contribution in [0.2, 0.25) is 0 Å². The van der Waals surface area contributed by atoms with E-state index in [0.29, 0.717) is 0 Å². The van der Waals surface area contributed by atoms with Crippen LogP contribution < -0.4 is 4.57 Å². The molecule has 2 heteroatoms. The molecule has 1 aromatic carbocycles. The van der Waals surface area contributed by atoms with Crippen LogP contribution in [0.1, 0.15) is 5.69 Å². The third-order valence-electron chi connectivity index (χ3n) is 3.06. The molecular weight excluding hydrogens is 202 g/mol. The average molecular weight is 214 g/mol. The van der Waals surface area contributed by atoms with Crippen molar-refractivity contribution >= 4 is 32.2 Å². The minimum atomic E-state index is 1.32. The lowest BCUT2D eigenvalue weighted by Crippen LogP contribution is -2.31. The van der Waals surface area contributed by atoms with Crippen LogP contribution in [0.25, 0.3) is 20.9 Å². The van der Waals surface area contributed by atoms with Crippen molar-refractivity contribution in [1.82, 2.24) is 0 Å². The fourth-order valence-corrected chi connectivity index (χ4v) is 2.85. The molecule has 0 radical (unpaired) electrons. The van der Waals surface area contributed by atoms with Crippen LogP contribution in [-0.4, -0.2) is 0 Å². The van der Waals surface area contributed by atoms with Gasteiger partial charge in [-0.2, -0.15) is 0 Å². The highest BCUT2D eigenvalue weighted by atomic mass is 32.1. The van der Waals surface area contributed by atoms with Gasteiger partial charge in [0.05, 0.1) is 0 Å². The molecule has 3 aromatic rings. The monoisotopic (exact) mass is 214 g/mol. The SMILES string of the molecule is Cc1c2ccc3sccc3c2cc[n+]1C. The number of fused-ring (bicyclic) bond motifs is 3. The summed E-state index contributed by atoms with van der Waals surface area (Å²) in [5.41, 5.74) is 1.32. The van der Waals surface area contributed by atoms with Crippen LogP contribution in [0.4, 0.5) is 0 Å². The molecule has 0 amide bonds. The Balaban J connectivity index is 2.60. The zero-order valence-corrected chi connectivity index (χ0v) is 9.64. The Hall–Kier alpha value is -1.41. The summed E-state index contributed by atoms with van der Waals surface area (Å²) in [7, 11) is 2.09. The fraction of sp³-hybridized carbons (Fsp3) is 0.154. The molecule has 0 aliphatic rings. The number of hydrogen-bond acceptors (Lipinski definition) is 1. The van der Waals surface area contributed by atoms with E-state index in [1.165, 1.54) is 26.6 Å². The summed E-state index contributed by atoms with van der Waals surface area (Å²) in [6.07, 6.45) is 2.13. The van der Waals surface area contributed by atoms with Gasteiger partial charge in [0, 0.05) is 33.8 Å². The second-order valence-corrected chi connectivity index (χ2v) is 4.82. The topological polar surface area (TPSA) is 3.88 Å². The van der Waals surface area contributed by atoms with E-state index in [1.807, 2.05) is 0 Å². The molecule has 0 saturated carbocycles. The third kappa shape index (κ3) is 1.18. The van der Waals surface area contributed by atoms with Crippen molar-refractivity contribution in [3.05, 3.63) is 41.5 Å². The number of pyridine rings is 1. The molecule has 74 valence electrons. The first-order valence-electron chi connectivity index (χ1n) is 5.02. The van der Waals surface area contributed by atoms with E-state index in [1.54, 1.807) is 11.3 Å². The molecular formula is C13H12NS+.